The Morgan fingerprint density at radius 1 is 1.28 bits per heavy atom. The predicted octanol–water partition coefficient (Wildman–Crippen LogP) is 1.61. The molecule has 96 valence electrons. The predicted molar refractivity (Wildman–Crippen MR) is 74.5 cm³/mol. The van der Waals surface area contributed by atoms with E-state index in [0.29, 0.717) is 5.82 Å². The molecule has 1 fully saturated rings. The van der Waals surface area contributed by atoms with E-state index in [1.165, 1.54) is 0 Å². The van der Waals surface area contributed by atoms with Crippen LogP contribution < -0.4 is 11.2 Å². The highest BCUT2D eigenvalue weighted by molar-refractivity contribution is 6.62. The molecule has 1 aliphatic rings. The molecule has 2 rings (SSSR count). The number of aromatic nitrogens is 1. The highest BCUT2D eigenvalue weighted by Crippen LogP contribution is 2.36. The Morgan fingerprint density at radius 2 is 1.83 bits per heavy atom. The number of hydrogen-bond acceptors (Lipinski definition) is 4. The Hall–Kier alpha value is -1.33. The summed E-state index contributed by atoms with van der Waals surface area (Å²) in [5.74, 6) is 0.463. The van der Waals surface area contributed by atoms with Crippen LogP contribution >= 0.6 is 0 Å². The van der Waals surface area contributed by atoms with Crippen molar-refractivity contribution in [1.82, 2.24) is 4.98 Å². The van der Waals surface area contributed by atoms with Crippen LogP contribution in [0.4, 0.5) is 5.82 Å². The molecule has 4 nitrogen and oxygen atoms in total. The van der Waals surface area contributed by atoms with Gasteiger partial charge in [0.15, 0.2) is 0 Å². The average Bonchev–Trinajstić information content (AvgIpc) is 2.49. The van der Waals surface area contributed by atoms with Gasteiger partial charge in [-0.05, 0) is 33.8 Å². The summed E-state index contributed by atoms with van der Waals surface area (Å²) in [7, 11) is -0.415. The van der Waals surface area contributed by atoms with Crippen molar-refractivity contribution in [2.75, 3.05) is 5.73 Å². The van der Waals surface area contributed by atoms with Gasteiger partial charge in [-0.3, -0.25) is 0 Å². The van der Waals surface area contributed by atoms with Crippen LogP contribution in [0.2, 0.25) is 0 Å². The Bertz CT molecular complexity index is 470. The van der Waals surface area contributed by atoms with E-state index in [9.17, 15) is 0 Å². The minimum Gasteiger partial charge on any atom is -0.399 e. The molecule has 2 heterocycles. The van der Waals surface area contributed by atoms with E-state index in [0.717, 1.165) is 11.0 Å². The van der Waals surface area contributed by atoms with Crippen molar-refractivity contribution < 1.29 is 9.31 Å². The van der Waals surface area contributed by atoms with Crippen molar-refractivity contribution in [2.45, 2.75) is 38.9 Å². The summed E-state index contributed by atoms with van der Waals surface area (Å²) in [6, 6.07) is 1.90. The number of pyridine rings is 1. The molecule has 0 radical (unpaired) electrons. The number of rotatable bonds is 2. The van der Waals surface area contributed by atoms with E-state index in [2.05, 4.69) is 11.6 Å². The standard InChI is InChI=1S/C13H19BN2O2/c1-6-9-7-10(8-16-11(9)15)14-17-12(2,3)13(4,5)18-14/h6-8H,1H2,2-5H3,(H2,15,16). The van der Waals surface area contributed by atoms with Gasteiger partial charge in [0.2, 0.25) is 0 Å². The molecular weight excluding hydrogens is 227 g/mol. The first-order valence-corrected chi connectivity index (χ1v) is 6.00. The molecule has 5 heteroatoms. The number of nitrogens with zero attached hydrogens (tertiary/aromatic N) is 1. The van der Waals surface area contributed by atoms with Gasteiger partial charge in [0.25, 0.3) is 0 Å². The molecule has 18 heavy (non-hydrogen) atoms. The van der Waals surface area contributed by atoms with Gasteiger partial charge < -0.3 is 15.0 Å². The average molecular weight is 246 g/mol. The largest absolute Gasteiger partial charge is 0.496 e. The van der Waals surface area contributed by atoms with E-state index in [1.54, 1.807) is 12.3 Å². The summed E-state index contributed by atoms with van der Waals surface area (Å²) in [6.45, 7) is 11.8. The highest BCUT2D eigenvalue weighted by Gasteiger charge is 2.51. The molecule has 0 spiro atoms. The van der Waals surface area contributed by atoms with Crippen molar-refractivity contribution in [3.8, 4) is 0 Å². The fraction of sp³-hybridized carbons (Fsp3) is 0.462. The fourth-order valence-corrected chi connectivity index (χ4v) is 1.78. The maximum absolute atomic E-state index is 5.95. The first-order chi connectivity index (χ1) is 8.27. The van der Waals surface area contributed by atoms with Crippen molar-refractivity contribution in [1.29, 1.82) is 0 Å². The Balaban J connectivity index is 2.32. The molecular formula is C13H19BN2O2. The zero-order valence-electron chi connectivity index (χ0n) is 11.4. The van der Waals surface area contributed by atoms with Crippen LogP contribution in [-0.2, 0) is 9.31 Å². The molecule has 0 amide bonds. The molecule has 0 atom stereocenters. The van der Waals surface area contributed by atoms with Crippen molar-refractivity contribution >= 4 is 24.5 Å². The second kappa shape index (κ2) is 4.11. The number of hydrogen-bond donors (Lipinski definition) is 1. The van der Waals surface area contributed by atoms with E-state index < -0.39 is 7.12 Å². The summed E-state index contributed by atoms with van der Waals surface area (Å²) in [6.07, 6.45) is 3.36. The molecule has 1 aromatic heterocycles. The third-order valence-corrected chi connectivity index (χ3v) is 3.72. The Labute approximate surface area is 108 Å². The van der Waals surface area contributed by atoms with Gasteiger partial charge in [0, 0.05) is 17.2 Å². The van der Waals surface area contributed by atoms with E-state index >= 15 is 0 Å². The van der Waals surface area contributed by atoms with Crippen LogP contribution in [0, 0.1) is 0 Å². The first kappa shape index (κ1) is 13.1. The lowest BCUT2D eigenvalue weighted by atomic mass is 9.79. The maximum atomic E-state index is 5.95. The van der Waals surface area contributed by atoms with Crippen LogP contribution in [0.25, 0.3) is 6.08 Å². The fourth-order valence-electron chi connectivity index (χ4n) is 1.78. The number of nitrogen functional groups attached to an aromatic ring is 1. The molecule has 0 saturated carbocycles. The number of nitrogens with two attached hydrogens (primary N) is 1. The summed E-state index contributed by atoms with van der Waals surface area (Å²) in [5.41, 5.74) is 6.69. The highest BCUT2D eigenvalue weighted by atomic mass is 16.7. The monoisotopic (exact) mass is 246 g/mol. The lowest BCUT2D eigenvalue weighted by molar-refractivity contribution is 0.00578. The minimum atomic E-state index is -0.415. The van der Waals surface area contributed by atoms with Crippen LogP contribution in [-0.4, -0.2) is 23.3 Å². The quantitative estimate of drug-likeness (QED) is 0.805. The van der Waals surface area contributed by atoms with Gasteiger partial charge in [0.05, 0.1) is 11.2 Å². The summed E-state index contributed by atoms with van der Waals surface area (Å²) >= 11 is 0. The van der Waals surface area contributed by atoms with Gasteiger partial charge in [-0.25, -0.2) is 4.98 Å². The first-order valence-electron chi connectivity index (χ1n) is 6.00. The van der Waals surface area contributed by atoms with Crippen LogP contribution in [0.1, 0.15) is 33.3 Å². The van der Waals surface area contributed by atoms with Crippen LogP contribution in [0.5, 0.6) is 0 Å². The smallest absolute Gasteiger partial charge is 0.399 e. The Morgan fingerprint density at radius 3 is 2.33 bits per heavy atom. The molecule has 0 unspecified atom stereocenters. The normalized spacial score (nSPS) is 21.0. The molecule has 0 aliphatic carbocycles. The van der Waals surface area contributed by atoms with E-state index in [4.69, 9.17) is 15.0 Å². The second-order valence-corrected chi connectivity index (χ2v) is 5.54. The van der Waals surface area contributed by atoms with Crippen molar-refractivity contribution in [3.05, 3.63) is 24.4 Å². The summed E-state index contributed by atoms with van der Waals surface area (Å²) in [5, 5.41) is 0. The molecule has 0 aromatic carbocycles. The number of anilines is 1. The maximum Gasteiger partial charge on any atom is 0.496 e. The molecule has 2 N–H and O–H groups in total. The van der Waals surface area contributed by atoms with Gasteiger partial charge in [-0.2, -0.15) is 0 Å². The molecule has 0 bridgehead atoms. The lowest BCUT2D eigenvalue weighted by Gasteiger charge is -2.32. The van der Waals surface area contributed by atoms with Crippen molar-refractivity contribution in [3.63, 3.8) is 0 Å². The SMILES string of the molecule is C=Cc1cc(B2OC(C)(C)C(C)(C)O2)cnc1N. The zero-order valence-corrected chi connectivity index (χ0v) is 11.4. The topological polar surface area (TPSA) is 57.4 Å². The molecule has 1 saturated heterocycles. The third-order valence-electron chi connectivity index (χ3n) is 3.72. The van der Waals surface area contributed by atoms with Crippen molar-refractivity contribution in [2.24, 2.45) is 0 Å². The second-order valence-electron chi connectivity index (χ2n) is 5.54. The Kier molecular flexibility index (Phi) is 2.99. The van der Waals surface area contributed by atoms with Gasteiger partial charge >= 0.3 is 7.12 Å². The van der Waals surface area contributed by atoms with Gasteiger partial charge in [0.1, 0.15) is 5.82 Å². The summed E-state index contributed by atoms with van der Waals surface area (Å²) in [4.78, 5) is 4.14. The lowest BCUT2D eigenvalue weighted by Crippen LogP contribution is -2.41. The van der Waals surface area contributed by atoms with E-state index in [1.807, 2.05) is 33.8 Å². The summed E-state index contributed by atoms with van der Waals surface area (Å²) < 4.78 is 11.9. The van der Waals surface area contributed by atoms with Crippen LogP contribution in [0.15, 0.2) is 18.8 Å². The van der Waals surface area contributed by atoms with E-state index in [-0.39, 0.29) is 11.2 Å². The third kappa shape index (κ3) is 2.04. The van der Waals surface area contributed by atoms with Gasteiger partial charge in [-0.15, -0.1) is 0 Å². The molecule has 1 aromatic rings. The zero-order chi connectivity index (χ0) is 13.6. The van der Waals surface area contributed by atoms with Crippen LogP contribution in [0.3, 0.4) is 0 Å². The minimum absolute atomic E-state index is 0.354. The molecule has 1 aliphatic heterocycles. The van der Waals surface area contributed by atoms with Gasteiger partial charge in [-0.1, -0.05) is 12.7 Å².